The predicted octanol–water partition coefficient (Wildman–Crippen LogP) is 5.27. The van der Waals surface area contributed by atoms with Crippen LogP contribution in [0.1, 0.15) is 10.5 Å². The van der Waals surface area contributed by atoms with E-state index in [9.17, 15) is 9.18 Å². The zero-order chi connectivity index (χ0) is 18.1. The molecule has 0 unspecified atom stereocenters. The Morgan fingerprint density at radius 1 is 1.04 bits per heavy atom. The number of carbonyl (C=O) groups excluding carboxylic acids is 1. The fourth-order valence-electron chi connectivity index (χ4n) is 2.80. The van der Waals surface area contributed by atoms with E-state index in [0.717, 1.165) is 16.3 Å². The van der Waals surface area contributed by atoms with Crippen molar-refractivity contribution in [1.29, 1.82) is 0 Å². The molecule has 1 heterocycles. The SMILES string of the molecule is O=C(Nc1ccc(F)c(Cl)c1)c1cc(-c2cccc3ccccc23)n[nH]1. The quantitative estimate of drug-likeness (QED) is 0.519. The second kappa shape index (κ2) is 6.61. The minimum Gasteiger partial charge on any atom is -0.321 e. The second-order valence-corrected chi connectivity index (χ2v) is 6.18. The summed E-state index contributed by atoms with van der Waals surface area (Å²) in [7, 11) is 0. The highest BCUT2D eigenvalue weighted by atomic mass is 35.5. The highest BCUT2D eigenvalue weighted by molar-refractivity contribution is 6.31. The number of amides is 1. The molecule has 26 heavy (non-hydrogen) atoms. The summed E-state index contributed by atoms with van der Waals surface area (Å²) in [5, 5.41) is 11.8. The standard InChI is InChI=1S/C20H13ClFN3O/c21-16-10-13(8-9-17(16)22)23-20(26)19-11-18(24-25-19)15-7-3-5-12-4-1-2-6-14(12)15/h1-11H,(H,23,26)(H,24,25). The number of aromatic amines is 1. The molecule has 4 aromatic rings. The van der Waals surface area contributed by atoms with Crippen molar-refractivity contribution in [2.45, 2.75) is 0 Å². The highest BCUT2D eigenvalue weighted by Crippen LogP contribution is 2.27. The van der Waals surface area contributed by atoms with Gasteiger partial charge in [0.05, 0.1) is 10.7 Å². The zero-order valence-electron chi connectivity index (χ0n) is 13.5. The van der Waals surface area contributed by atoms with E-state index in [2.05, 4.69) is 15.5 Å². The molecule has 1 aromatic heterocycles. The number of hydrogen-bond donors (Lipinski definition) is 2. The number of benzene rings is 3. The van der Waals surface area contributed by atoms with Crippen LogP contribution in [0.3, 0.4) is 0 Å². The third-order valence-corrected chi connectivity index (χ3v) is 4.36. The van der Waals surface area contributed by atoms with Crippen molar-refractivity contribution in [3.05, 3.63) is 83.3 Å². The summed E-state index contributed by atoms with van der Waals surface area (Å²) in [4.78, 5) is 12.4. The first-order chi connectivity index (χ1) is 12.6. The molecule has 1 amide bonds. The monoisotopic (exact) mass is 365 g/mol. The highest BCUT2D eigenvalue weighted by Gasteiger charge is 2.13. The molecule has 0 atom stereocenters. The van der Waals surface area contributed by atoms with Crippen LogP contribution >= 0.6 is 11.6 Å². The Bertz CT molecular complexity index is 1120. The van der Waals surface area contributed by atoms with Crippen LogP contribution in [-0.2, 0) is 0 Å². The van der Waals surface area contributed by atoms with E-state index < -0.39 is 5.82 Å². The van der Waals surface area contributed by atoms with Gasteiger partial charge in [0.25, 0.3) is 5.91 Å². The van der Waals surface area contributed by atoms with Crippen molar-refractivity contribution >= 4 is 34.0 Å². The summed E-state index contributed by atoms with van der Waals surface area (Å²) >= 11 is 5.74. The maximum Gasteiger partial charge on any atom is 0.273 e. The molecule has 0 saturated heterocycles. The Morgan fingerprint density at radius 3 is 2.69 bits per heavy atom. The molecule has 4 nitrogen and oxygen atoms in total. The van der Waals surface area contributed by atoms with E-state index in [0.29, 0.717) is 17.1 Å². The molecule has 0 saturated carbocycles. The van der Waals surface area contributed by atoms with E-state index in [-0.39, 0.29) is 10.9 Å². The zero-order valence-corrected chi connectivity index (χ0v) is 14.2. The molecule has 0 bridgehead atoms. The molecule has 4 rings (SSSR count). The first kappa shape index (κ1) is 16.3. The number of aromatic nitrogens is 2. The molecule has 0 aliphatic carbocycles. The molecule has 0 radical (unpaired) electrons. The molecule has 0 aliphatic rings. The van der Waals surface area contributed by atoms with Gasteiger partial charge in [-0.1, -0.05) is 54.1 Å². The van der Waals surface area contributed by atoms with Crippen LogP contribution < -0.4 is 5.32 Å². The van der Waals surface area contributed by atoms with Crippen LogP contribution in [0.4, 0.5) is 10.1 Å². The van der Waals surface area contributed by atoms with Gasteiger partial charge in [0.15, 0.2) is 0 Å². The van der Waals surface area contributed by atoms with Crippen LogP contribution in [0.5, 0.6) is 0 Å². The molecule has 3 aromatic carbocycles. The number of halogens is 2. The van der Waals surface area contributed by atoms with E-state index in [4.69, 9.17) is 11.6 Å². The van der Waals surface area contributed by atoms with Crippen LogP contribution in [0, 0.1) is 5.82 Å². The van der Waals surface area contributed by atoms with Gasteiger partial charge in [-0.2, -0.15) is 5.10 Å². The number of fused-ring (bicyclic) bond motifs is 1. The number of anilines is 1. The minimum absolute atomic E-state index is 0.0520. The average molecular weight is 366 g/mol. The molecule has 6 heteroatoms. The van der Waals surface area contributed by atoms with E-state index in [1.54, 1.807) is 6.07 Å². The fraction of sp³-hybridized carbons (Fsp3) is 0. The second-order valence-electron chi connectivity index (χ2n) is 5.78. The lowest BCUT2D eigenvalue weighted by molar-refractivity contribution is 0.102. The summed E-state index contributed by atoms with van der Waals surface area (Å²) in [6.07, 6.45) is 0. The first-order valence-electron chi connectivity index (χ1n) is 7.92. The topological polar surface area (TPSA) is 57.8 Å². The van der Waals surface area contributed by atoms with Crippen LogP contribution in [0.25, 0.3) is 22.0 Å². The number of rotatable bonds is 3. The Hall–Kier alpha value is -3.18. The van der Waals surface area contributed by atoms with Crippen LogP contribution in [-0.4, -0.2) is 16.1 Å². The van der Waals surface area contributed by atoms with Crippen molar-refractivity contribution < 1.29 is 9.18 Å². The Labute approximate surface area is 153 Å². The van der Waals surface area contributed by atoms with Gasteiger partial charge in [0, 0.05) is 11.3 Å². The fourth-order valence-corrected chi connectivity index (χ4v) is 2.98. The van der Waals surface area contributed by atoms with Gasteiger partial charge in [-0.05, 0) is 35.0 Å². The lowest BCUT2D eigenvalue weighted by Gasteiger charge is -2.04. The maximum absolute atomic E-state index is 13.2. The lowest BCUT2D eigenvalue weighted by atomic mass is 10.0. The minimum atomic E-state index is -0.538. The average Bonchev–Trinajstić information content (AvgIpc) is 3.14. The Morgan fingerprint density at radius 2 is 1.85 bits per heavy atom. The predicted molar refractivity (Wildman–Crippen MR) is 101 cm³/mol. The van der Waals surface area contributed by atoms with Crippen molar-refractivity contribution in [2.75, 3.05) is 5.32 Å². The van der Waals surface area contributed by atoms with Gasteiger partial charge < -0.3 is 5.32 Å². The summed E-state index contributed by atoms with van der Waals surface area (Å²) in [5.74, 6) is -0.920. The summed E-state index contributed by atoms with van der Waals surface area (Å²) in [6.45, 7) is 0. The normalized spacial score (nSPS) is 10.8. The molecule has 128 valence electrons. The molecular weight excluding hydrogens is 353 g/mol. The Kier molecular flexibility index (Phi) is 4.14. The molecular formula is C20H13ClFN3O. The van der Waals surface area contributed by atoms with Crippen LogP contribution in [0.2, 0.25) is 5.02 Å². The number of hydrogen-bond acceptors (Lipinski definition) is 2. The summed E-state index contributed by atoms with van der Waals surface area (Å²) in [5.41, 5.74) is 2.31. The van der Waals surface area contributed by atoms with Crippen molar-refractivity contribution in [3.63, 3.8) is 0 Å². The van der Waals surface area contributed by atoms with Gasteiger partial charge in [-0.3, -0.25) is 9.89 Å². The number of H-pyrrole nitrogens is 1. The van der Waals surface area contributed by atoms with E-state index in [1.807, 2.05) is 42.5 Å². The molecule has 0 spiro atoms. The van der Waals surface area contributed by atoms with Gasteiger partial charge in [-0.25, -0.2) is 4.39 Å². The molecule has 0 aliphatic heterocycles. The lowest BCUT2D eigenvalue weighted by Crippen LogP contribution is -2.12. The Balaban J connectivity index is 1.63. The van der Waals surface area contributed by atoms with Crippen molar-refractivity contribution in [2.24, 2.45) is 0 Å². The third kappa shape index (κ3) is 3.05. The van der Waals surface area contributed by atoms with Gasteiger partial charge in [0.1, 0.15) is 11.5 Å². The van der Waals surface area contributed by atoms with E-state index in [1.165, 1.54) is 18.2 Å². The number of carbonyl (C=O) groups is 1. The van der Waals surface area contributed by atoms with Crippen molar-refractivity contribution in [3.8, 4) is 11.3 Å². The van der Waals surface area contributed by atoms with Gasteiger partial charge in [-0.15, -0.1) is 0 Å². The molecule has 2 N–H and O–H groups in total. The third-order valence-electron chi connectivity index (χ3n) is 4.07. The van der Waals surface area contributed by atoms with Crippen molar-refractivity contribution in [1.82, 2.24) is 10.2 Å². The first-order valence-corrected chi connectivity index (χ1v) is 8.29. The smallest absolute Gasteiger partial charge is 0.273 e. The number of nitrogens with one attached hydrogen (secondary N) is 2. The van der Waals surface area contributed by atoms with Gasteiger partial charge in [0.2, 0.25) is 0 Å². The largest absolute Gasteiger partial charge is 0.321 e. The summed E-state index contributed by atoms with van der Waals surface area (Å²) in [6, 6.07) is 19.6. The number of nitrogens with zero attached hydrogens (tertiary/aromatic N) is 1. The maximum atomic E-state index is 13.2. The molecule has 0 fully saturated rings. The summed E-state index contributed by atoms with van der Waals surface area (Å²) < 4.78 is 13.2. The van der Waals surface area contributed by atoms with E-state index >= 15 is 0 Å². The van der Waals surface area contributed by atoms with Gasteiger partial charge >= 0.3 is 0 Å². The van der Waals surface area contributed by atoms with Crippen LogP contribution in [0.15, 0.2) is 66.7 Å².